The van der Waals surface area contributed by atoms with Crippen molar-refractivity contribution < 1.29 is 17.9 Å². The van der Waals surface area contributed by atoms with E-state index in [1.54, 1.807) is 25.2 Å². The molecule has 146 valence electrons. The number of hydrogen-bond donors (Lipinski definition) is 4. The van der Waals surface area contributed by atoms with Gasteiger partial charge in [0.2, 0.25) is 0 Å². The highest BCUT2D eigenvalue weighted by Crippen LogP contribution is 2.29. The number of alkyl halides is 3. The maximum atomic E-state index is 12.4. The van der Waals surface area contributed by atoms with E-state index in [9.17, 15) is 13.2 Å². The fourth-order valence-corrected chi connectivity index (χ4v) is 2.72. The van der Waals surface area contributed by atoms with Crippen molar-refractivity contribution in [2.75, 3.05) is 19.4 Å². The van der Waals surface area contributed by atoms with Crippen LogP contribution >= 0.6 is 11.9 Å². The second kappa shape index (κ2) is 8.84. The minimum Gasteiger partial charge on any atom is -0.406 e. The number of halogens is 3. The second-order valence-electron chi connectivity index (χ2n) is 5.27. The minimum atomic E-state index is -4.77. The van der Waals surface area contributed by atoms with Crippen LogP contribution in [0.2, 0.25) is 0 Å². The normalized spacial score (nSPS) is 12.0. The molecule has 0 spiro atoms. The Kier molecular flexibility index (Phi) is 6.77. The van der Waals surface area contributed by atoms with E-state index in [2.05, 4.69) is 19.9 Å². The molecule has 0 bridgehead atoms. The smallest absolute Gasteiger partial charge is 0.406 e. The van der Waals surface area contributed by atoms with Gasteiger partial charge in [-0.2, -0.15) is 0 Å². The number of benzene rings is 2. The molecule has 0 aliphatic carbocycles. The molecule has 6 N–H and O–H groups in total. The van der Waals surface area contributed by atoms with Crippen LogP contribution in [0.25, 0.3) is 0 Å². The van der Waals surface area contributed by atoms with Crippen LogP contribution < -0.4 is 26.4 Å². The molecule has 27 heavy (non-hydrogen) atoms. The largest absolute Gasteiger partial charge is 0.573 e. The quantitative estimate of drug-likeness (QED) is 0.186. The predicted octanol–water partition coefficient (Wildman–Crippen LogP) is 2.98. The molecule has 0 saturated heterocycles. The molecule has 7 nitrogen and oxygen atoms in total. The fraction of sp³-hybridized carbons (Fsp3) is 0.188. The van der Waals surface area contributed by atoms with Crippen LogP contribution in [0.1, 0.15) is 5.56 Å². The monoisotopic (exact) mass is 400 g/mol. The van der Waals surface area contributed by atoms with Crippen LogP contribution in [-0.2, 0) is 0 Å². The van der Waals surface area contributed by atoms with Crippen molar-refractivity contribution in [2.45, 2.75) is 11.3 Å². The van der Waals surface area contributed by atoms with E-state index in [4.69, 9.17) is 11.6 Å². The molecule has 0 aliphatic rings. The number of nitrogens with zero attached hydrogens (tertiary/aromatic N) is 2. The third kappa shape index (κ3) is 6.55. The molecular formula is C16H19F3N6OS. The first-order chi connectivity index (χ1) is 12.7. The minimum absolute atomic E-state index is 0.142. The predicted molar refractivity (Wildman–Crippen MR) is 100 cm³/mol. The maximum Gasteiger partial charge on any atom is 0.573 e. The summed E-state index contributed by atoms with van der Waals surface area (Å²) in [6.45, 7) is 0. The van der Waals surface area contributed by atoms with Gasteiger partial charge in [0.1, 0.15) is 5.75 Å². The first-order valence-electron chi connectivity index (χ1n) is 7.61. The van der Waals surface area contributed by atoms with Crippen LogP contribution in [0, 0.1) is 0 Å². The number of hydrazone groups is 1. The number of hydrogen-bond acceptors (Lipinski definition) is 7. The van der Waals surface area contributed by atoms with Gasteiger partial charge in [-0.05, 0) is 49.3 Å². The molecule has 0 fully saturated rings. The van der Waals surface area contributed by atoms with Gasteiger partial charge in [0.05, 0.1) is 0 Å². The summed E-state index contributed by atoms with van der Waals surface area (Å²) >= 11 is 1.37. The summed E-state index contributed by atoms with van der Waals surface area (Å²) < 4.78 is 44.1. The van der Waals surface area contributed by atoms with Crippen molar-refractivity contribution in [3.63, 3.8) is 0 Å². The fourth-order valence-electron chi connectivity index (χ4n) is 2.18. The van der Waals surface area contributed by atoms with Gasteiger partial charge in [0, 0.05) is 34.9 Å². The Morgan fingerprint density at radius 1 is 1.22 bits per heavy atom. The molecular weight excluding hydrogens is 381 g/mol. The zero-order chi connectivity index (χ0) is 20.0. The summed E-state index contributed by atoms with van der Waals surface area (Å²) in [5.41, 5.74) is 7.48. The van der Waals surface area contributed by atoms with Gasteiger partial charge in [-0.25, -0.2) is 11.0 Å². The molecule has 0 radical (unpaired) electrons. The van der Waals surface area contributed by atoms with Gasteiger partial charge in [-0.15, -0.1) is 18.3 Å². The molecule has 0 atom stereocenters. The van der Waals surface area contributed by atoms with E-state index in [1.807, 2.05) is 6.07 Å². The molecule has 0 aromatic heterocycles. The van der Waals surface area contributed by atoms with Gasteiger partial charge >= 0.3 is 6.36 Å². The van der Waals surface area contributed by atoms with Gasteiger partial charge in [-0.3, -0.25) is 4.72 Å². The number of nitrogens with one attached hydrogen (secondary N) is 2. The van der Waals surface area contributed by atoms with Crippen LogP contribution in [0.4, 0.5) is 24.5 Å². The van der Waals surface area contributed by atoms with Crippen molar-refractivity contribution in [3.8, 4) is 5.75 Å². The number of nitrogens with two attached hydrogens (primary N) is 2. The number of hydrazine groups is 1. The summed E-state index contributed by atoms with van der Waals surface area (Å²) in [6.07, 6.45) is -4.77. The van der Waals surface area contributed by atoms with Crippen LogP contribution in [-0.4, -0.2) is 31.4 Å². The standard InChI is InChI=1S/C16H19F3N6OS/c1-22-27-12-6-7-14(13(9-12)15(20)24-25(2)21)23-10-4-3-5-11(8-10)26-16(17,18)19/h3-9,22-23H,21H2,1-2H3,(H2,20,24). The highest BCUT2D eigenvalue weighted by Gasteiger charge is 2.31. The van der Waals surface area contributed by atoms with Gasteiger partial charge < -0.3 is 15.8 Å². The Balaban J connectivity index is 2.36. The van der Waals surface area contributed by atoms with Crippen molar-refractivity contribution in [1.82, 2.24) is 9.84 Å². The highest BCUT2D eigenvalue weighted by atomic mass is 32.2. The van der Waals surface area contributed by atoms with Crippen molar-refractivity contribution in [1.29, 1.82) is 0 Å². The maximum absolute atomic E-state index is 12.4. The van der Waals surface area contributed by atoms with E-state index < -0.39 is 6.36 Å². The Hall–Kier alpha value is -2.63. The lowest BCUT2D eigenvalue weighted by Crippen LogP contribution is -2.26. The van der Waals surface area contributed by atoms with E-state index in [-0.39, 0.29) is 11.6 Å². The highest BCUT2D eigenvalue weighted by molar-refractivity contribution is 7.97. The van der Waals surface area contributed by atoms with Crippen molar-refractivity contribution in [3.05, 3.63) is 48.0 Å². The van der Waals surface area contributed by atoms with Crippen molar-refractivity contribution in [2.24, 2.45) is 16.7 Å². The summed E-state index contributed by atoms with van der Waals surface area (Å²) in [4.78, 5) is 0.866. The van der Waals surface area contributed by atoms with E-state index >= 15 is 0 Å². The number of ether oxygens (including phenoxy) is 1. The summed E-state index contributed by atoms with van der Waals surface area (Å²) in [6, 6.07) is 10.8. The van der Waals surface area contributed by atoms with Gasteiger partial charge in [-0.1, -0.05) is 6.07 Å². The van der Waals surface area contributed by atoms with E-state index in [1.165, 1.54) is 37.2 Å². The first-order valence-corrected chi connectivity index (χ1v) is 8.43. The number of amidine groups is 1. The Bertz CT molecular complexity index is 813. The topological polar surface area (TPSA) is 101 Å². The lowest BCUT2D eigenvalue weighted by atomic mass is 10.1. The Morgan fingerprint density at radius 3 is 2.59 bits per heavy atom. The lowest BCUT2D eigenvalue weighted by Gasteiger charge is -2.15. The van der Waals surface area contributed by atoms with E-state index in [0.717, 1.165) is 10.0 Å². The molecule has 0 amide bonds. The molecule has 0 saturated carbocycles. The molecule has 0 unspecified atom stereocenters. The lowest BCUT2D eigenvalue weighted by molar-refractivity contribution is -0.274. The Labute approximate surface area is 158 Å². The molecule has 2 aromatic rings. The van der Waals surface area contributed by atoms with Crippen LogP contribution in [0.3, 0.4) is 0 Å². The summed E-state index contributed by atoms with van der Waals surface area (Å²) in [7, 11) is 3.29. The molecule has 0 heterocycles. The van der Waals surface area contributed by atoms with Crippen LogP contribution in [0.5, 0.6) is 5.75 Å². The Morgan fingerprint density at radius 2 is 1.96 bits per heavy atom. The van der Waals surface area contributed by atoms with Gasteiger partial charge in [0.25, 0.3) is 0 Å². The third-order valence-corrected chi connectivity index (χ3v) is 3.79. The molecule has 2 aromatic carbocycles. The number of anilines is 2. The third-order valence-electron chi connectivity index (χ3n) is 3.10. The second-order valence-corrected chi connectivity index (χ2v) is 6.36. The average molecular weight is 400 g/mol. The molecule has 11 heteroatoms. The molecule has 0 aliphatic heterocycles. The zero-order valence-electron chi connectivity index (χ0n) is 14.5. The van der Waals surface area contributed by atoms with Crippen molar-refractivity contribution >= 4 is 29.2 Å². The molecule has 2 rings (SSSR count). The van der Waals surface area contributed by atoms with Gasteiger partial charge in [0.15, 0.2) is 5.84 Å². The first kappa shape index (κ1) is 20.7. The SMILES string of the molecule is CNSc1ccc(Nc2cccc(OC(F)(F)F)c2)c(/C(N)=N/N(C)N)c1. The average Bonchev–Trinajstić information content (AvgIpc) is 2.54. The summed E-state index contributed by atoms with van der Waals surface area (Å²) in [5.74, 6) is 5.32. The summed E-state index contributed by atoms with van der Waals surface area (Å²) in [5, 5.41) is 8.07. The van der Waals surface area contributed by atoms with E-state index in [0.29, 0.717) is 16.9 Å². The van der Waals surface area contributed by atoms with Crippen LogP contribution in [0.15, 0.2) is 52.5 Å². The zero-order valence-corrected chi connectivity index (χ0v) is 15.4. The number of rotatable bonds is 7.